The van der Waals surface area contributed by atoms with Crippen LogP contribution in [0.2, 0.25) is 0 Å². The Bertz CT molecular complexity index is 612. The molecule has 1 saturated carbocycles. The first-order valence-corrected chi connectivity index (χ1v) is 6.70. The molecule has 1 aromatic carbocycles. The monoisotopic (exact) mass is 253 g/mol. The quantitative estimate of drug-likeness (QED) is 0.786. The van der Waals surface area contributed by atoms with Gasteiger partial charge in [-0.15, -0.1) is 11.3 Å². The lowest BCUT2D eigenvalue weighted by molar-refractivity contribution is 0.0961. The summed E-state index contributed by atoms with van der Waals surface area (Å²) in [4.78, 5) is 13.3. The van der Waals surface area contributed by atoms with Gasteiger partial charge in [0.15, 0.2) is 5.78 Å². The minimum absolute atomic E-state index is 0.0885. The van der Waals surface area contributed by atoms with Crippen LogP contribution < -0.4 is 0 Å². The molecule has 3 heteroatoms. The molecule has 1 aromatic heterocycles. The standard InChI is InChI=1S/C15H11NOS/c16-10-15(13-7-4-8-18-13)9-12(15)14(17)11-5-2-1-3-6-11/h1-8,12H,9H2/t12-,15-/m0/s1. The predicted octanol–water partition coefficient (Wildman–Crippen LogP) is 3.41. The fourth-order valence-corrected chi connectivity index (χ4v) is 3.31. The van der Waals surface area contributed by atoms with E-state index in [0.29, 0.717) is 12.0 Å². The third kappa shape index (κ3) is 1.58. The third-order valence-corrected chi connectivity index (χ3v) is 4.54. The highest BCUT2D eigenvalue weighted by atomic mass is 32.1. The molecule has 0 N–H and O–H groups in total. The lowest BCUT2D eigenvalue weighted by Gasteiger charge is -2.05. The maximum atomic E-state index is 12.3. The van der Waals surface area contributed by atoms with Crippen molar-refractivity contribution in [2.75, 3.05) is 0 Å². The van der Waals surface area contributed by atoms with E-state index in [1.165, 1.54) is 0 Å². The number of ketones is 1. The van der Waals surface area contributed by atoms with E-state index in [1.807, 2.05) is 47.8 Å². The van der Waals surface area contributed by atoms with E-state index in [-0.39, 0.29) is 11.7 Å². The minimum Gasteiger partial charge on any atom is -0.294 e. The number of benzene rings is 1. The van der Waals surface area contributed by atoms with E-state index in [9.17, 15) is 10.1 Å². The fourth-order valence-electron chi connectivity index (χ4n) is 2.37. The molecule has 2 atom stereocenters. The Morgan fingerprint density at radius 3 is 2.67 bits per heavy atom. The number of hydrogen-bond donors (Lipinski definition) is 0. The number of carbonyl (C=O) groups is 1. The van der Waals surface area contributed by atoms with E-state index in [2.05, 4.69) is 6.07 Å². The molecule has 2 nitrogen and oxygen atoms in total. The molecule has 0 aliphatic heterocycles. The first kappa shape index (κ1) is 11.2. The van der Waals surface area contributed by atoms with Crippen LogP contribution in [0.25, 0.3) is 0 Å². The second-order valence-electron chi connectivity index (χ2n) is 4.55. The van der Waals surface area contributed by atoms with Crippen molar-refractivity contribution in [2.45, 2.75) is 11.8 Å². The number of hydrogen-bond acceptors (Lipinski definition) is 3. The molecule has 1 aliphatic rings. The van der Waals surface area contributed by atoms with Gasteiger partial charge >= 0.3 is 0 Å². The SMILES string of the molecule is N#C[C@@]1(c2cccs2)C[C@H]1C(=O)c1ccccc1. The Morgan fingerprint density at radius 2 is 2.06 bits per heavy atom. The van der Waals surface area contributed by atoms with Gasteiger partial charge in [-0.3, -0.25) is 4.79 Å². The molecule has 0 spiro atoms. The second kappa shape index (κ2) is 4.08. The van der Waals surface area contributed by atoms with Crippen LogP contribution in [0.15, 0.2) is 47.8 Å². The van der Waals surface area contributed by atoms with Crippen LogP contribution >= 0.6 is 11.3 Å². The highest BCUT2D eigenvalue weighted by Crippen LogP contribution is 2.56. The van der Waals surface area contributed by atoms with Gasteiger partial charge in [-0.05, 0) is 17.9 Å². The van der Waals surface area contributed by atoms with Crippen molar-refractivity contribution in [3.8, 4) is 6.07 Å². The summed E-state index contributed by atoms with van der Waals surface area (Å²) in [5.41, 5.74) is 0.136. The van der Waals surface area contributed by atoms with Crippen molar-refractivity contribution in [1.82, 2.24) is 0 Å². The van der Waals surface area contributed by atoms with E-state index >= 15 is 0 Å². The molecule has 1 fully saturated rings. The predicted molar refractivity (Wildman–Crippen MR) is 70.5 cm³/mol. The molecule has 0 saturated heterocycles. The van der Waals surface area contributed by atoms with Gasteiger partial charge in [0.25, 0.3) is 0 Å². The van der Waals surface area contributed by atoms with E-state index < -0.39 is 5.41 Å². The van der Waals surface area contributed by atoms with Crippen LogP contribution in [0.4, 0.5) is 0 Å². The summed E-state index contributed by atoms with van der Waals surface area (Å²) in [6.45, 7) is 0. The van der Waals surface area contributed by atoms with Crippen LogP contribution in [0.5, 0.6) is 0 Å². The van der Waals surface area contributed by atoms with Crippen LogP contribution in [-0.2, 0) is 5.41 Å². The Morgan fingerprint density at radius 1 is 1.28 bits per heavy atom. The van der Waals surface area contributed by atoms with E-state index in [1.54, 1.807) is 11.3 Å². The Labute approximate surface area is 110 Å². The van der Waals surface area contributed by atoms with Gasteiger partial charge in [0.2, 0.25) is 0 Å². The van der Waals surface area contributed by atoms with Crippen molar-refractivity contribution >= 4 is 17.1 Å². The molecule has 0 bridgehead atoms. The minimum atomic E-state index is -0.568. The maximum absolute atomic E-state index is 12.3. The molecular weight excluding hydrogens is 242 g/mol. The summed E-state index contributed by atoms with van der Waals surface area (Å²) in [7, 11) is 0. The summed E-state index contributed by atoms with van der Waals surface area (Å²) in [6.07, 6.45) is 0.651. The van der Waals surface area contributed by atoms with Crippen molar-refractivity contribution < 1.29 is 4.79 Å². The summed E-state index contributed by atoms with van der Waals surface area (Å²) in [6, 6.07) is 15.5. The van der Waals surface area contributed by atoms with Gasteiger partial charge in [-0.1, -0.05) is 36.4 Å². The fraction of sp³-hybridized carbons (Fsp3) is 0.200. The Balaban J connectivity index is 1.90. The largest absolute Gasteiger partial charge is 0.294 e. The first-order valence-electron chi connectivity index (χ1n) is 5.82. The molecule has 3 rings (SSSR count). The number of rotatable bonds is 3. The zero-order valence-corrected chi connectivity index (χ0v) is 10.5. The molecule has 1 aliphatic carbocycles. The van der Waals surface area contributed by atoms with Crippen molar-refractivity contribution in [1.29, 1.82) is 5.26 Å². The maximum Gasteiger partial charge on any atom is 0.167 e. The number of nitrogens with zero attached hydrogens (tertiary/aromatic N) is 1. The molecule has 0 radical (unpaired) electrons. The van der Waals surface area contributed by atoms with Crippen LogP contribution in [0.1, 0.15) is 21.7 Å². The average molecular weight is 253 g/mol. The first-order chi connectivity index (χ1) is 8.78. The zero-order valence-electron chi connectivity index (χ0n) is 9.67. The molecule has 88 valence electrons. The summed E-state index contributed by atoms with van der Waals surface area (Å²) < 4.78 is 0. The second-order valence-corrected chi connectivity index (χ2v) is 5.50. The number of Topliss-reactive ketones (excluding diaryl/α,β-unsaturated/α-hetero) is 1. The molecule has 0 unspecified atom stereocenters. The molecule has 0 amide bonds. The molecule has 18 heavy (non-hydrogen) atoms. The van der Waals surface area contributed by atoms with Gasteiger partial charge in [0.1, 0.15) is 5.41 Å². The Kier molecular flexibility index (Phi) is 2.53. The lowest BCUT2D eigenvalue weighted by atomic mass is 9.98. The number of carbonyl (C=O) groups excluding carboxylic acids is 1. The van der Waals surface area contributed by atoms with Gasteiger partial charge in [-0.25, -0.2) is 0 Å². The van der Waals surface area contributed by atoms with Crippen LogP contribution in [0, 0.1) is 17.2 Å². The van der Waals surface area contributed by atoms with Gasteiger partial charge in [-0.2, -0.15) is 5.26 Å². The smallest absolute Gasteiger partial charge is 0.167 e. The summed E-state index contributed by atoms with van der Waals surface area (Å²) >= 11 is 1.56. The van der Waals surface area contributed by atoms with E-state index in [0.717, 1.165) is 4.88 Å². The highest BCUT2D eigenvalue weighted by Gasteiger charge is 2.60. The molecule has 2 aromatic rings. The van der Waals surface area contributed by atoms with Crippen LogP contribution in [0.3, 0.4) is 0 Å². The number of thiophene rings is 1. The third-order valence-electron chi connectivity index (χ3n) is 3.50. The molecule has 1 heterocycles. The van der Waals surface area contributed by atoms with Gasteiger partial charge in [0.05, 0.1) is 6.07 Å². The van der Waals surface area contributed by atoms with Crippen molar-refractivity contribution in [2.24, 2.45) is 5.92 Å². The number of nitriles is 1. The van der Waals surface area contributed by atoms with Crippen molar-refractivity contribution in [3.63, 3.8) is 0 Å². The zero-order chi connectivity index (χ0) is 12.6. The normalized spacial score (nSPS) is 25.4. The van der Waals surface area contributed by atoms with Gasteiger partial charge < -0.3 is 0 Å². The topological polar surface area (TPSA) is 40.9 Å². The Hall–Kier alpha value is -1.92. The highest BCUT2D eigenvalue weighted by molar-refractivity contribution is 7.10. The van der Waals surface area contributed by atoms with Crippen molar-refractivity contribution in [3.05, 3.63) is 58.3 Å². The summed E-state index contributed by atoms with van der Waals surface area (Å²) in [5.74, 6) is -0.0888. The van der Waals surface area contributed by atoms with Gasteiger partial charge in [0, 0.05) is 16.4 Å². The van der Waals surface area contributed by atoms with Crippen LogP contribution in [-0.4, -0.2) is 5.78 Å². The average Bonchev–Trinajstić information content (AvgIpc) is 2.92. The summed E-state index contributed by atoms with van der Waals surface area (Å²) in [5, 5.41) is 11.4. The lowest BCUT2D eigenvalue weighted by Crippen LogP contribution is -2.12. The van der Waals surface area contributed by atoms with E-state index in [4.69, 9.17) is 0 Å². The molecular formula is C15H11NOS.